The molecule has 21 heavy (non-hydrogen) atoms. The van der Waals surface area contributed by atoms with Crippen LogP contribution in [0.4, 0.5) is 11.6 Å². The molecule has 0 amide bonds. The summed E-state index contributed by atoms with van der Waals surface area (Å²) in [5.74, 6) is 1.36. The molecule has 0 saturated carbocycles. The number of anilines is 1. The Labute approximate surface area is 124 Å². The van der Waals surface area contributed by atoms with E-state index in [9.17, 15) is 10.1 Å². The number of aromatic nitrogens is 2. The molecule has 0 spiro atoms. The molecule has 2 atom stereocenters. The van der Waals surface area contributed by atoms with Crippen LogP contribution in [0.25, 0.3) is 0 Å². The summed E-state index contributed by atoms with van der Waals surface area (Å²) in [6.07, 6.45) is 4.56. The number of fused-ring (bicyclic) bond motifs is 2. The molecule has 7 nitrogen and oxygen atoms in total. The predicted octanol–water partition coefficient (Wildman–Crippen LogP) is 1.84. The van der Waals surface area contributed by atoms with Gasteiger partial charge in [-0.15, -0.1) is 0 Å². The average molecular weight is 293 g/mol. The van der Waals surface area contributed by atoms with Crippen LogP contribution < -0.4 is 10.2 Å². The highest BCUT2D eigenvalue weighted by Crippen LogP contribution is 2.35. The van der Waals surface area contributed by atoms with Crippen molar-refractivity contribution in [1.82, 2.24) is 14.9 Å². The van der Waals surface area contributed by atoms with Crippen molar-refractivity contribution >= 4 is 11.6 Å². The number of nitrogens with one attached hydrogen (secondary N) is 1. The zero-order valence-electron chi connectivity index (χ0n) is 12.9. The fraction of sp³-hybridized carbons (Fsp3) is 0.786. The van der Waals surface area contributed by atoms with Crippen LogP contribution in [-0.4, -0.2) is 39.6 Å². The Balaban J connectivity index is 1.93. The van der Waals surface area contributed by atoms with Crippen molar-refractivity contribution in [3.05, 3.63) is 15.9 Å². The molecular formula is C14H23N5O2. The van der Waals surface area contributed by atoms with Crippen LogP contribution in [0, 0.1) is 17.0 Å². The molecule has 1 aromatic rings. The van der Waals surface area contributed by atoms with Gasteiger partial charge in [-0.25, -0.2) is 0 Å². The van der Waals surface area contributed by atoms with Gasteiger partial charge >= 0.3 is 5.82 Å². The highest BCUT2D eigenvalue weighted by Gasteiger charge is 2.38. The van der Waals surface area contributed by atoms with Crippen LogP contribution in [0.2, 0.25) is 0 Å². The SMILES string of the molecule is CCn1c(C)nc([N+](=O)[O-])c1N(C)C1CC2CCC(C1)N2. The van der Waals surface area contributed by atoms with Crippen molar-refractivity contribution in [3.8, 4) is 0 Å². The summed E-state index contributed by atoms with van der Waals surface area (Å²) in [6.45, 7) is 4.53. The molecular weight excluding hydrogens is 270 g/mol. The topological polar surface area (TPSA) is 76.2 Å². The molecule has 3 heterocycles. The van der Waals surface area contributed by atoms with Crippen LogP contribution in [0.1, 0.15) is 38.4 Å². The molecule has 2 unspecified atom stereocenters. The summed E-state index contributed by atoms with van der Waals surface area (Å²) < 4.78 is 1.95. The third-order valence-corrected chi connectivity index (χ3v) is 4.93. The minimum atomic E-state index is -0.360. The van der Waals surface area contributed by atoms with Crippen molar-refractivity contribution in [2.24, 2.45) is 0 Å². The molecule has 2 fully saturated rings. The van der Waals surface area contributed by atoms with E-state index in [1.165, 1.54) is 12.8 Å². The number of nitrogens with zero attached hydrogens (tertiary/aromatic N) is 4. The minimum absolute atomic E-state index is 0.0114. The number of rotatable bonds is 4. The first-order valence-corrected chi connectivity index (χ1v) is 7.71. The van der Waals surface area contributed by atoms with E-state index in [1.54, 1.807) is 0 Å². The summed E-state index contributed by atoms with van der Waals surface area (Å²) in [4.78, 5) is 17.2. The van der Waals surface area contributed by atoms with Gasteiger partial charge in [0.1, 0.15) is 0 Å². The number of piperidine rings is 1. The van der Waals surface area contributed by atoms with Gasteiger partial charge in [-0.2, -0.15) is 0 Å². The quantitative estimate of drug-likeness (QED) is 0.677. The maximum absolute atomic E-state index is 11.3. The van der Waals surface area contributed by atoms with Gasteiger partial charge in [-0.1, -0.05) is 0 Å². The zero-order chi connectivity index (χ0) is 15.1. The Morgan fingerprint density at radius 1 is 1.43 bits per heavy atom. The number of imidazole rings is 1. The van der Waals surface area contributed by atoms with Crippen molar-refractivity contribution in [3.63, 3.8) is 0 Å². The second-order valence-corrected chi connectivity index (χ2v) is 6.18. The highest BCUT2D eigenvalue weighted by atomic mass is 16.6. The summed E-state index contributed by atoms with van der Waals surface area (Å²) in [6, 6.07) is 1.48. The molecule has 7 heteroatoms. The highest BCUT2D eigenvalue weighted by molar-refractivity contribution is 5.56. The van der Waals surface area contributed by atoms with Crippen molar-refractivity contribution in [2.45, 2.75) is 64.2 Å². The third kappa shape index (κ3) is 2.39. The van der Waals surface area contributed by atoms with Crippen LogP contribution in [0.15, 0.2) is 0 Å². The average Bonchev–Trinajstić information content (AvgIpc) is 2.97. The van der Waals surface area contributed by atoms with Crippen molar-refractivity contribution < 1.29 is 4.92 Å². The van der Waals surface area contributed by atoms with Gasteiger partial charge < -0.3 is 20.3 Å². The molecule has 2 aliphatic rings. The van der Waals surface area contributed by atoms with E-state index in [2.05, 4.69) is 15.2 Å². The number of aryl methyl sites for hydroxylation is 1. The smallest absolute Gasteiger partial charge is 0.358 e. The maximum Gasteiger partial charge on any atom is 0.406 e. The first-order valence-electron chi connectivity index (χ1n) is 7.71. The molecule has 0 aromatic carbocycles. The van der Waals surface area contributed by atoms with Crippen molar-refractivity contribution in [1.29, 1.82) is 0 Å². The van der Waals surface area contributed by atoms with Crippen LogP contribution in [-0.2, 0) is 6.54 Å². The first kappa shape index (κ1) is 14.3. The molecule has 0 aliphatic carbocycles. The third-order valence-electron chi connectivity index (χ3n) is 4.93. The maximum atomic E-state index is 11.3. The molecule has 1 aromatic heterocycles. The normalized spacial score (nSPS) is 27.9. The van der Waals surface area contributed by atoms with Gasteiger partial charge in [0.05, 0.1) is 0 Å². The van der Waals surface area contributed by atoms with Gasteiger partial charge in [0.2, 0.25) is 11.6 Å². The van der Waals surface area contributed by atoms with E-state index in [4.69, 9.17) is 0 Å². The summed E-state index contributed by atoms with van der Waals surface area (Å²) >= 11 is 0. The Kier molecular flexibility index (Phi) is 3.61. The molecule has 1 N–H and O–H groups in total. The first-order chi connectivity index (χ1) is 10.0. The number of nitro groups is 1. The fourth-order valence-corrected chi connectivity index (χ4v) is 3.90. The van der Waals surface area contributed by atoms with Crippen molar-refractivity contribution in [2.75, 3.05) is 11.9 Å². The van der Waals surface area contributed by atoms with Crippen LogP contribution >= 0.6 is 0 Å². The monoisotopic (exact) mass is 293 g/mol. The standard InChI is InChI=1S/C14H23N5O2/c1-4-18-9(2)15-13(19(20)21)14(18)17(3)12-7-10-5-6-11(8-12)16-10/h10-12,16H,4-8H2,1-3H3. The number of hydrogen-bond donors (Lipinski definition) is 1. The lowest BCUT2D eigenvalue weighted by molar-refractivity contribution is -0.388. The summed E-state index contributed by atoms with van der Waals surface area (Å²) in [5, 5.41) is 14.9. The second kappa shape index (κ2) is 5.29. The van der Waals surface area contributed by atoms with Gasteiger partial charge in [-0.05, 0) is 42.5 Å². The van der Waals surface area contributed by atoms with Crippen LogP contribution in [0.3, 0.4) is 0 Å². The molecule has 116 valence electrons. The van der Waals surface area contributed by atoms with Gasteiger partial charge in [0.15, 0.2) is 0 Å². The Hall–Kier alpha value is -1.63. The molecule has 3 rings (SSSR count). The molecule has 2 saturated heterocycles. The lowest BCUT2D eigenvalue weighted by atomic mass is 9.98. The lowest BCUT2D eigenvalue weighted by Crippen LogP contribution is -2.47. The van der Waals surface area contributed by atoms with E-state index < -0.39 is 0 Å². The molecule has 0 radical (unpaired) electrons. The van der Waals surface area contributed by atoms with E-state index in [-0.39, 0.29) is 10.7 Å². The lowest BCUT2D eigenvalue weighted by Gasteiger charge is -2.36. The van der Waals surface area contributed by atoms with Gasteiger partial charge in [0, 0.05) is 38.6 Å². The second-order valence-electron chi connectivity index (χ2n) is 6.18. The Morgan fingerprint density at radius 2 is 2.05 bits per heavy atom. The summed E-state index contributed by atoms with van der Waals surface area (Å²) in [5.41, 5.74) is 0. The van der Waals surface area contributed by atoms with E-state index in [0.29, 0.717) is 36.3 Å². The van der Waals surface area contributed by atoms with E-state index in [0.717, 1.165) is 12.8 Å². The van der Waals surface area contributed by atoms with Gasteiger partial charge in [-0.3, -0.25) is 4.57 Å². The van der Waals surface area contributed by atoms with Crippen LogP contribution in [0.5, 0.6) is 0 Å². The summed E-state index contributed by atoms with van der Waals surface area (Å²) in [7, 11) is 1.98. The number of hydrogen-bond acceptors (Lipinski definition) is 5. The largest absolute Gasteiger partial charge is 0.406 e. The fourth-order valence-electron chi connectivity index (χ4n) is 3.90. The molecule has 2 aliphatic heterocycles. The zero-order valence-corrected chi connectivity index (χ0v) is 12.9. The minimum Gasteiger partial charge on any atom is -0.358 e. The van der Waals surface area contributed by atoms with E-state index in [1.807, 2.05) is 25.5 Å². The molecule has 2 bridgehead atoms. The Morgan fingerprint density at radius 3 is 2.57 bits per heavy atom. The predicted molar refractivity (Wildman–Crippen MR) is 80.7 cm³/mol. The Bertz CT molecular complexity index is 544. The van der Waals surface area contributed by atoms with Gasteiger partial charge in [0.25, 0.3) is 0 Å². The van der Waals surface area contributed by atoms with E-state index >= 15 is 0 Å².